The highest BCUT2D eigenvalue weighted by molar-refractivity contribution is 9.10. The molecule has 1 atom stereocenters. The molecular formula is C14H16BrNO3. The van der Waals surface area contributed by atoms with E-state index in [1.807, 2.05) is 6.07 Å². The fourth-order valence-corrected chi connectivity index (χ4v) is 3.30. The van der Waals surface area contributed by atoms with Gasteiger partial charge in [0.2, 0.25) is 6.79 Å². The van der Waals surface area contributed by atoms with Gasteiger partial charge in [-0.3, -0.25) is 4.79 Å². The summed E-state index contributed by atoms with van der Waals surface area (Å²) in [5.74, 6) is 1.31. The van der Waals surface area contributed by atoms with Crippen molar-refractivity contribution in [2.75, 3.05) is 13.3 Å². The molecule has 0 bridgehead atoms. The van der Waals surface area contributed by atoms with Crippen LogP contribution in [0, 0.1) is 0 Å². The normalized spacial score (nSPS) is 21.4. The van der Waals surface area contributed by atoms with E-state index < -0.39 is 0 Å². The second-order valence-corrected chi connectivity index (χ2v) is 5.82. The lowest BCUT2D eigenvalue weighted by molar-refractivity contribution is 0.111. The Morgan fingerprint density at radius 1 is 1.37 bits per heavy atom. The minimum Gasteiger partial charge on any atom is -0.453 e. The van der Waals surface area contributed by atoms with Crippen LogP contribution >= 0.6 is 15.9 Å². The lowest BCUT2D eigenvalue weighted by atomic mass is 9.96. The van der Waals surface area contributed by atoms with Crippen LogP contribution in [0.5, 0.6) is 11.5 Å². The first-order chi connectivity index (χ1) is 9.29. The molecule has 19 heavy (non-hydrogen) atoms. The first-order valence-electron chi connectivity index (χ1n) is 6.59. The van der Waals surface area contributed by atoms with Crippen molar-refractivity contribution in [3.8, 4) is 11.5 Å². The van der Waals surface area contributed by atoms with Crippen molar-refractivity contribution in [1.29, 1.82) is 0 Å². The second-order valence-electron chi connectivity index (χ2n) is 4.96. The van der Waals surface area contributed by atoms with E-state index in [2.05, 4.69) is 21.2 Å². The second kappa shape index (κ2) is 5.51. The topological polar surface area (TPSA) is 47.6 Å². The number of halogens is 1. The summed E-state index contributed by atoms with van der Waals surface area (Å²) in [6.07, 6.45) is 5.42. The van der Waals surface area contributed by atoms with Gasteiger partial charge >= 0.3 is 0 Å². The number of aldehydes is 1. The quantitative estimate of drug-likeness (QED) is 0.868. The fourth-order valence-electron chi connectivity index (χ4n) is 2.75. The summed E-state index contributed by atoms with van der Waals surface area (Å²) in [6, 6.07) is 2.46. The molecule has 102 valence electrons. The van der Waals surface area contributed by atoms with Gasteiger partial charge in [-0.1, -0.05) is 6.42 Å². The predicted octanol–water partition coefficient (Wildman–Crippen LogP) is 2.67. The van der Waals surface area contributed by atoms with Crippen LogP contribution < -0.4 is 14.8 Å². The third-order valence-electron chi connectivity index (χ3n) is 3.70. The van der Waals surface area contributed by atoms with Crippen molar-refractivity contribution in [2.24, 2.45) is 0 Å². The maximum atomic E-state index is 11.1. The number of rotatable bonds is 3. The number of ether oxygens (including phenoxy) is 2. The van der Waals surface area contributed by atoms with Crippen LogP contribution in [0.25, 0.3) is 0 Å². The zero-order valence-corrected chi connectivity index (χ0v) is 12.2. The van der Waals surface area contributed by atoms with Crippen molar-refractivity contribution in [1.82, 2.24) is 5.32 Å². The van der Waals surface area contributed by atoms with E-state index in [4.69, 9.17) is 9.47 Å². The molecule has 0 spiro atoms. The Bertz CT molecular complexity index is 498. The molecule has 0 amide bonds. The summed E-state index contributed by atoms with van der Waals surface area (Å²) >= 11 is 3.44. The van der Waals surface area contributed by atoms with Crippen molar-refractivity contribution >= 4 is 22.2 Å². The largest absolute Gasteiger partial charge is 0.453 e. The average molecular weight is 326 g/mol. The Balaban J connectivity index is 1.91. The Labute approximate surface area is 120 Å². The van der Waals surface area contributed by atoms with Crippen LogP contribution in [0.3, 0.4) is 0 Å². The Morgan fingerprint density at radius 3 is 2.95 bits per heavy atom. The molecule has 2 heterocycles. The van der Waals surface area contributed by atoms with Gasteiger partial charge < -0.3 is 14.8 Å². The molecule has 1 aromatic carbocycles. The summed E-state index contributed by atoms with van der Waals surface area (Å²) in [6.45, 7) is 1.27. The summed E-state index contributed by atoms with van der Waals surface area (Å²) < 4.78 is 11.7. The molecular weight excluding hydrogens is 310 g/mol. The number of hydrogen-bond acceptors (Lipinski definition) is 4. The van der Waals surface area contributed by atoms with Crippen molar-refractivity contribution < 1.29 is 14.3 Å². The Kier molecular flexibility index (Phi) is 3.75. The SMILES string of the molecule is O=Cc1c(Br)cc(CC2CCCCN2)c2c1OCO2. The molecule has 4 nitrogen and oxygen atoms in total. The molecule has 1 fully saturated rings. The molecule has 0 aromatic heterocycles. The maximum absolute atomic E-state index is 11.1. The van der Waals surface area contributed by atoms with Crippen LogP contribution in [-0.2, 0) is 6.42 Å². The lowest BCUT2D eigenvalue weighted by Crippen LogP contribution is -2.35. The van der Waals surface area contributed by atoms with Gasteiger partial charge in [0.25, 0.3) is 0 Å². The molecule has 1 aromatic rings. The fraction of sp³-hybridized carbons (Fsp3) is 0.500. The van der Waals surface area contributed by atoms with Crippen molar-refractivity contribution in [3.63, 3.8) is 0 Å². The van der Waals surface area contributed by atoms with Crippen LogP contribution in [0.15, 0.2) is 10.5 Å². The van der Waals surface area contributed by atoms with Crippen LogP contribution in [0.1, 0.15) is 35.2 Å². The minimum atomic E-state index is 0.192. The molecule has 1 unspecified atom stereocenters. The zero-order valence-electron chi connectivity index (χ0n) is 10.6. The van der Waals surface area contributed by atoms with E-state index in [-0.39, 0.29) is 6.79 Å². The summed E-state index contributed by atoms with van der Waals surface area (Å²) in [5.41, 5.74) is 1.64. The van der Waals surface area contributed by atoms with Gasteiger partial charge in [0.15, 0.2) is 17.8 Å². The third kappa shape index (κ3) is 2.49. The maximum Gasteiger partial charge on any atom is 0.231 e. The van der Waals surface area contributed by atoms with Gasteiger partial charge in [-0.25, -0.2) is 0 Å². The number of carbonyl (C=O) groups is 1. The number of nitrogens with one attached hydrogen (secondary N) is 1. The highest BCUT2D eigenvalue weighted by atomic mass is 79.9. The monoisotopic (exact) mass is 325 g/mol. The van der Waals surface area contributed by atoms with E-state index in [9.17, 15) is 4.79 Å². The highest BCUT2D eigenvalue weighted by Crippen LogP contribution is 2.42. The first kappa shape index (κ1) is 12.9. The van der Waals surface area contributed by atoms with E-state index in [0.29, 0.717) is 17.4 Å². The predicted molar refractivity (Wildman–Crippen MR) is 75.0 cm³/mol. The molecule has 1 saturated heterocycles. The van der Waals surface area contributed by atoms with E-state index in [1.54, 1.807) is 0 Å². The standard InChI is InChI=1S/C14H16BrNO3/c15-12-6-9(5-10-3-1-2-4-16-10)13-14(11(12)7-17)19-8-18-13/h6-7,10,16H,1-5,8H2. The molecule has 0 aliphatic carbocycles. The van der Waals surface area contributed by atoms with Crippen LogP contribution in [-0.4, -0.2) is 25.7 Å². The number of carbonyl (C=O) groups excluding carboxylic acids is 1. The molecule has 1 N–H and O–H groups in total. The van der Waals surface area contributed by atoms with Crippen LogP contribution in [0.4, 0.5) is 0 Å². The lowest BCUT2D eigenvalue weighted by Gasteiger charge is -2.24. The number of piperidine rings is 1. The summed E-state index contributed by atoms with van der Waals surface area (Å²) in [5, 5.41) is 3.53. The number of benzene rings is 1. The van der Waals surface area contributed by atoms with E-state index in [1.165, 1.54) is 19.3 Å². The van der Waals surface area contributed by atoms with E-state index in [0.717, 1.165) is 35.0 Å². The first-order valence-corrected chi connectivity index (χ1v) is 7.38. The molecule has 2 aliphatic heterocycles. The smallest absolute Gasteiger partial charge is 0.231 e. The van der Waals surface area contributed by atoms with Gasteiger partial charge in [-0.2, -0.15) is 0 Å². The minimum absolute atomic E-state index is 0.192. The highest BCUT2D eigenvalue weighted by Gasteiger charge is 2.26. The van der Waals surface area contributed by atoms with E-state index >= 15 is 0 Å². The van der Waals surface area contributed by atoms with Gasteiger partial charge in [-0.15, -0.1) is 0 Å². The number of fused-ring (bicyclic) bond motifs is 1. The molecule has 3 rings (SSSR count). The van der Waals surface area contributed by atoms with Gasteiger partial charge in [-0.05, 0) is 47.8 Å². The Morgan fingerprint density at radius 2 is 2.21 bits per heavy atom. The van der Waals surface area contributed by atoms with Crippen LogP contribution in [0.2, 0.25) is 0 Å². The summed E-state index contributed by atoms with van der Waals surface area (Å²) in [7, 11) is 0. The molecule has 0 saturated carbocycles. The van der Waals surface area contributed by atoms with Gasteiger partial charge in [0, 0.05) is 16.1 Å². The molecule has 5 heteroatoms. The summed E-state index contributed by atoms with van der Waals surface area (Å²) in [4.78, 5) is 11.1. The van der Waals surface area contributed by atoms with Crippen molar-refractivity contribution in [3.05, 3.63) is 21.7 Å². The van der Waals surface area contributed by atoms with Crippen molar-refractivity contribution in [2.45, 2.75) is 31.7 Å². The molecule has 0 radical (unpaired) electrons. The average Bonchev–Trinajstić information content (AvgIpc) is 2.89. The zero-order chi connectivity index (χ0) is 13.2. The van der Waals surface area contributed by atoms with Gasteiger partial charge in [0.1, 0.15) is 0 Å². The third-order valence-corrected chi connectivity index (χ3v) is 4.36. The molecule has 2 aliphatic rings. The number of hydrogen-bond donors (Lipinski definition) is 1. The Hall–Kier alpha value is -1.07. The van der Waals surface area contributed by atoms with Gasteiger partial charge in [0.05, 0.1) is 5.56 Å².